The van der Waals surface area contributed by atoms with Gasteiger partial charge in [0.25, 0.3) is 0 Å². The number of aromatic hydroxyl groups is 1. The lowest BCUT2D eigenvalue weighted by Gasteiger charge is -2.43. The van der Waals surface area contributed by atoms with E-state index in [1.54, 1.807) is 25.1 Å². The number of ether oxygens (including phenoxy) is 2. The molecular formula is C29H38O4. The summed E-state index contributed by atoms with van der Waals surface area (Å²) in [7, 11) is 0. The van der Waals surface area contributed by atoms with E-state index in [2.05, 4.69) is 46.8 Å². The van der Waals surface area contributed by atoms with E-state index in [0.717, 1.165) is 48.1 Å². The van der Waals surface area contributed by atoms with Gasteiger partial charge in [-0.15, -0.1) is 0 Å². The Morgan fingerprint density at radius 3 is 2.48 bits per heavy atom. The molecule has 0 radical (unpaired) electrons. The van der Waals surface area contributed by atoms with Gasteiger partial charge in [-0.2, -0.15) is 0 Å². The number of unbranched alkanes of at least 4 members (excludes halogenated alkanes) is 1. The Bertz CT molecular complexity index is 1030. The maximum Gasteiger partial charge on any atom is 0.330 e. The molecule has 0 spiro atoms. The Hall–Kier alpha value is -2.75. The lowest BCUT2D eigenvalue weighted by molar-refractivity contribution is -0.137. The largest absolute Gasteiger partial charge is 0.507 e. The molecule has 1 aliphatic rings. The van der Waals surface area contributed by atoms with Crippen molar-refractivity contribution in [1.82, 2.24) is 0 Å². The lowest BCUT2D eigenvalue weighted by atomic mass is 9.62. The van der Waals surface area contributed by atoms with Crippen LogP contribution < -0.4 is 4.74 Å². The maximum absolute atomic E-state index is 11.7. The zero-order valence-corrected chi connectivity index (χ0v) is 21.0. The van der Waals surface area contributed by atoms with Crippen molar-refractivity contribution in [2.45, 2.75) is 78.1 Å². The highest BCUT2D eigenvalue weighted by molar-refractivity contribution is 5.87. The van der Waals surface area contributed by atoms with Crippen molar-refractivity contribution in [3.05, 3.63) is 53.1 Å². The second-order valence-corrected chi connectivity index (χ2v) is 10.2. The number of phenols is 1. The van der Waals surface area contributed by atoms with Gasteiger partial charge in [-0.3, -0.25) is 0 Å². The Kier molecular flexibility index (Phi) is 7.56. The Labute approximate surface area is 198 Å². The SMILES string of the molecule is CCCCOc1cc(-c2cc(/C=C/C(=O)OCC)ccc2O)cc2c1C(C)(C)CCC2(C)C. The predicted molar refractivity (Wildman–Crippen MR) is 135 cm³/mol. The molecular weight excluding hydrogens is 412 g/mol. The first-order valence-corrected chi connectivity index (χ1v) is 12.1. The van der Waals surface area contributed by atoms with E-state index in [9.17, 15) is 9.90 Å². The van der Waals surface area contributed by atoms with Crippen molar-refractivity contribution in [3.8, 4) is 22.6 Å². The van der Waals surface area contributed by atoms with Crippen LogP contribution >= 0.6 is 0 Å². The molecule has 0 amide bonds. The van der Waals surface area contributed by atoms with Crippen LogP contribution in [0.15, 0.2) is 36.4 Å². The zero-order valence-electron chi connectivity index (χ0n) is 21.0. The van der Waals surface area contributed by atoms with Crippen LogP contribution in [0.4, 0.5) is 0 Å². The van der Waals surface area contributed by atoms with Gasteiger partial charge in [-0.05, 0) is 84.0 Å². The third-order valence-electron chi connectivity index (χ3n) is 6.67. The highest BCUT2D eigenvalue weighted by atomic mass is 16.5. The Morgan fingerprint density at radius 1 is 1.06 bits per heavy atom. The van der Waals surface area contributed by atoms with Crippen LogP contribution in [0, 0.1) is 0 Å². The first-order chi connectivity index (χ1) is 15.6. The summed E-state index contributed by atoms with van der Waals surface area (Å²) < 4.78 is 11.3. The fourth-order valence-electron chi connectivity index (χ4n) is 4.57. The number of fused-ring (bicyclic) bond motifs is 1. The molecule has 0 aromatic heterocycles. The normalized spacial score (nSPS) is 16.4. The summed E-state index contributed by atoms with van der Waals surface area (Å²) in [5.74, 6) is 0.743. The molecule has 0 saturated heterocycles. The third-order valence-corrected chi connectivity index (χ3v) is 6.67. The van der Waals surface area contributed by atoms with Gasteiger partial charge in [-0.1, -0.05) is 47.1 Å². The number of hydrogen-bond acceptors (Lipinski definition) is 4. The highest BCUT2D eigenvalue weighted by Gasteiger charge is 2.39. The highest BCUT2D eigenvalue weighted by Crippen LogP contribution is 2.51. The summed E-state index contributed by atoms with van der Waals surface area (Å²) in [5.41, 5.74) is 5.09. The minimum atomic E-state index is -0.378. The summed E-state index contributed by atoms with van der Waals surface area (Å²) in [6.07, 6.45) is 7.41. The van der Waals surface area contributed by atoms with Crippen molar-refractivity contribution in [3.63, 3.8) is 0 Å². The lowest BCUT2D eigenvalue weighted by Crippen LogP contribution is -2.34. The molecule has 0 saturated carbocycles. The number of carbonyl (C=O) groups excluding carboxylic acids is 1. The van der Waals surface area contributed by atoms with Crippen LogP contribution in [-0.4, -0.2) is 24.3 Å². The summed E-state index contributed by atoms with van der Waals surface area (Å²) in [6.45, 7) is 14.1. The molecule has 0 fully saturated rings. The van der Waals surface area contributed by atoms with Crippen molar-refractivity contribution >= 4 is 12.0 Å². The van der Waals surface area contributed by atoms with Gasteiger partial charge in [0.05, 0.1) is 13.2 Å². The Morgan fingerprint density at radius 2 is 1.79 bits per heavy atom. The number of benzene rings is 2. The molecule has 0 unspecified atom stereocenters. The monoisotopic (exact) mass is 450 g/mol. The van der Waals surface area contributed by atoms with Gasteiger partial charge >= 0.3 is 5.97 Å². The quantitative estimate of drug-likeness (QED) is 0.263. The van der Waals surface area contributed by atoms with E-state index in [4.69, 9.17) is 9.47 Å². The van der Waals surface area contributed by atoms with Crippen molar-refractivity contribution in [1.29, 1.82) is 0 Å². The van der Waals surface area contributed by atoms with E-state index in [1.807, 2.05) is 6.07 Å². The number of esters is 1. The average molecular weight is 451 g/mol. The second-order valence-electron chi connectivity index (χ2n) is 10.2. The molecule has 0 heterocycles. The topological polar surface area (TPSA) is 55.8 Å². The summed E-state index contributed by atoms with van der Waals surface area (Å²) in [4.78, 5) is 11.7. The van der Waals surface area contributed by atoms with Gasteiger partial charge in [0.1, 0.15) is 11.5 Å². The van der Waals surface area contributed by atoms with Crippen molar-refractivity contribution < 1.29 is 19.4 Å². The average Bonchev–Trinajstić information content (AvgIpc) is 2.76. The molecule has 2 aromatic rings. The second kappa shape index (κ2) is 10.0. The van der Waals surface area contributed by atoms with Crippen LogP contribution in [0.2, 0.25) is 0 Å². The number of phenolic OH excluding ortho intramolecular Hbond substituents is 1. The smallest absolute Gasteiger partial charge is 0.330 e. The summed E-state index contributed by atoms with van der Waals surface area (Å²) in [6, 6.07) is 9.66. The Balaban J connectivity index is 2.13. The predicted octanol–water partition coefficient (Wildman–Crippen LogP) is 7.16. The summed E-state index contributed by atoms with van der Waals surface area (Å²) in [5, 5.41) is 10.7. The van der Waals surface area contributed by atoms with Gasteiger partial charge in [0.15, 0.2) is 0 Å². The van der Waals surface area contributed by atoms with Crippen LogP contribution in [0.3, 0.4) is 0 Å². The van der Waals surface area contributed by atoms with Gasteiger partial charge in [0.2, 0.25) is 0 Å². The molecule has 0 atom stereocenters. The van der Waals surface area contributed by atoms with E-state index in [1.165, 1.54) is 17.2 Å². The molecule has 1 N–H and O–H groups in total. The van der Waals surface area contributed by atoms with Crippen LogP contribution in [0.1, 0.15) is 83.9 Å². The molecule has 1 aliphatic carbocycles. The minimum absolute atomic E-state index is 0.0147. The van der Waals surface area contributed by atoms with Crippen LogP contribution in [0.5, 0.6) is 11.5 Å². The van der Waals surface area contributed by atoms with Crippen molar-refractivity contribution in [2.75, 3.05) is 13.2 Å². The number of rotatable bonds is 8. The first kappa shape index (κ1) is 24.9. The molecule has 33 heavy (non-hydrogen) atoms. The molecule has 3 rings (SSSR count). The van der Waals surface area contributed by atoms with Gasteiger partial charge in [-0.25, -0.2) is 4.79 Å². The van der Waals surface area contributed by atoms with Crippen LogP contribution in [0.25, 0.3) is 17.2 Å². The molecule has 0 bridgehead atoms. The van der Waals surface area contributed by atoms with Crippen molar-refractivity contribution in [2.24, 2.45) is 0 Å². The fraction of sp³-hybridized carbons (Fsp3) is 0.483. The van der Waals surface area contributed by atoms with E-state index >= 15 is 0 Å². The summed E-state index contributed by atoms with van der Waals surface area (Å²) >= 11 is 0. The molecule has 4 heteroatoms. The van der Waals surface area contributed by atoms with E-state index in [-0.39, 0.29) is 22.5 Å². The van der Waals surface area contributed by atoms with Gasteiger partial charge < -0.3 is 14.6 Å². The van der Waals surface area contributed by atoms with E-state index in [0.29, 0.717) is 13.2 Å². The standard InChI is InChI=1S/C29H38O4/c1-7-9-16-33-25-19-21(18-23-27(25)29(5,6)15-14-28(23,3)4)22-17-20(10-12-24(22)30)11-13-26(31)32-8-2/h10-13,17-19,30H,7-9,14-16H2,1-6H3/b13-11+. The third kappa shape index (κ3) is 5.61. The van der Waals surface area contributed by atoms with E-state index < -0.39 is 0 Å². The molecule has 0 aliphatic heterocycles. The zero-order chi connectivity index (χ0) is 24.2. The van der Waals surface area contributed by atoms with Gasteiger partial charge in [0, 0.05) is 17.2 Å². The molecule has 4 nitrogen and oxygen atoms in total. The molecule has 2 aromatic carbocycles. The van der Waals surface area contributed by atoms with Crippen LogP contribution in [-0.2, 0) is 20.4 Å². The minimum Gasteiger partial charge on any atom is -0.507 e. The number of carbonyl (C=O) groups is 1. The first-order valence-electron chi connectivity index (χ1n) is 12.1. The maximum atomic E-state index is 11.7. The fourth-order valence-corrected chi connectivity index (χ4v) is 4.57. The molecule has 178 valence electrons. The number of hydrogen-bond donors (Lipinski definition) is 1.